The molecule has 2 rings (SSSR count). The van der Waals surface area contributed by atoms with Crippen LogP contribution in [0.25, 0.3) is 0 Å². The number of carbonyl (C=O) groups is 2. The largest absolute Gasteiger partial charge is 0.445 e. The summed E-state index contributed by atoms with van der Waals surface area (Å²) in [6.45, 7) is 2.02. The van der Waals surface area contributed by atoms with E-state index in [0.717, 1.165) is 18.4 Å². The zero-order valence-corrected chi connectivity index (χ0v) is 14.1. The number of nitrogens with one attached hydrogen (secondary N) is 2. The van der Waals surface area contributed by atoms with Crippen molar-refractivity contribution in [1.82, 2.24) is 10.8 Å². The first kappa shape index (κ1) is 19.2. The van der Waals surface area contributed by atoms with Gasteiger partial charge in [-0.1, -0.05) is 30.3 Å². The fourth-order valence-electron chi connectivity index (χ4n) is 2.29. The number of benzene rings is 1. The summed E-state index contributed by atoms with van der Waals surface area (Å²) in [5.41, 5.74) is 3.03. The lowest BCUT2D eigenvalue weighted by Gasteiger charge is -2.24. The van der Waals surface area contributed by atoms with E-state index in [1.54, 1.807) is 0 Å². The van der Waals surface area contributed by atoms with Crippen molar-refractivity contribution in [3.63, 3.8) is 0 Å². The molecular formula is C17H24N2O6. The molecule has 1 aromatic carbocycles. The number of hydrogen-bond acceptors (Lipinski definition) is 6. The molecule has 8 nitrogen and oxygen atoms in total. The minimum Gasteiger partial charge on any atom is -0.445 e. The maximum atomic E-state index is 12.1. The van der Waals surface area contributed by atoms with Crippen LogP contribution in [0, 0.1) is 0 Å². The van der Waals surface area contributed by atoms with Crippen LogP contribution in [0.15, 0.2) is 30.3 Å². The molecule has 0 spiro atoms. The summed E-state index contributed by atoms with van der Waals surface area (Å²) in [5.74, 6) is -0.680. The van der Waals surface area contributed by atoms with Crippen LogP contribution in [0.5, 0.6) is 0 Å². The van der Waals surface area contributed by atoms with Crippen molar-refractivity contribution in [2.24, 2.45) is 0 Å². The molecule has 1 fully saturated rings. The molecule has 1 heterocycles. The molecule has 1 saturated heterocycles. The van der Waals surface area contributed by atoms with Gasteiger partial charge in [-0.15, -0.1) is 0 Å². The second kappa shape index (κ2) is 9.97. The van der Waals surface area contributed by atoms with Gasteiger partial charge < -0.3 is 19.9 Å². The van der Waals surface area contributed by atoms with Crippen molar-refractivity contribution >= 4 is 12.0 Å². The van der Waals surface area contributed by atoms with Crippen LogP contribution in [-0.4, -0.2) is 42.1 Å². The Kier molecular flexibility index (Phi) is 7.65. The number of aliphatic hydroxyl groups is 1. The normalized spacial score (nSPS) is 19.5. The summed E-state index contributed by atoms with van der Waals surface area (Å²) in [4.78, 5) is 29.1. The molecular weight excluding hydrogens is 328 g/mol. The maximum Gasteiger partial charge on any atom is 0.408 e. The minimum absolute atomic E-state index is 0.0627. The van der Waals surface area contributed by atoms with Gasteiger partial charge in [0.2, 0.25) is 0 Å². The van der Waals surface area contributed by atoms with Crippen molar-refractivity contribution < 1.29 is 29.0 Å². The van der Waals surface area contributed by atoms with Gasteiger partial charge >= 0.3 is 6.09 Å². The zero-order chi connectivity index (χ0) is 18.1. The van der Waals surface area contributed by atoms with E-state index in [4.69, 9.17) is 14.3 Å². The molecule has 138 valence electrons. The van der Waals surface area contributed by atoms with Crippen LogP contribution in [0.1, 0.15) is 31.7 Å². The van der Waals surface area contributed by atoms with Crippen LogP contribution < -0.4 is 10.8 Å². The molecule has 0 aliphatic carbocycles. The number of hydrogen-bond donors (Lipinski definition) is 3. The minimum atomic E-state index is -1.20. The van der Waals surface area contributed by atoms with E-state index in [1.165, 1.54) is 6.92 Å². The van der Waals surface area contributed by atoms with E-state index in [-0.39, 0.29) is 6.61 Å². The second-order valence-electron chi connectivity index (χ2n) is 5.80. The SMILES string of the molecule is C[C@@H](O)[C@H](NC(=O)OCc1ccccc1)C(=O)NO[C@H]1CCCCO1. The molecule has 0 saturated carbocycles. The van der Waals surface area contributed by atoms with Crippen molar-refractivity contribution in [1.29, 1.82) is 0 Å². The Labute approximate surface area is 146 Å². The topological polar surface area (TPSA) is 106 Å². The van der Waals surface area contributed by atoms with Gasteiger partial charge in [-0.2, -0.15) is 0 Å². The lowest BCUT2D eigenvalue weighted by atomic mass is 10.2. The Bertz CT molecular complexity index is 545. The Morgan fingerprint density at radius 1 is 1.32 bits per heavy atom. The third-order valence-electron chi connectivity index (χ3n) is 3.68. The summed E-state index contributed by atoms with van der Waals surface area (Å²) in [6, 6.07) is 7.93. The molecule has 8 heteroatoms. The maximum absolute atomic E-state index is 12.1. The fourth-order valence-corrected chi connectivity index (χ4v) is 2.29. The van der Waals surface area contributed by atoms with E-state index < -0.39 is 30.4 Å². The van der Waals surface area contributed by atoms with Gasteiger partial charge in [0.05, 0.1) is 6.10 Å². The van der Waals surface area contributed by atoms with Crippen molar-refractivity contribution in [3.8, 4) is 0 Å². The Morgan fingerprint density at radius 3 is 2.72 bits per heavy atom. The van der Waals surface area contributed by atoms with Crippen LogP contribution in [0.4, 0.5) is 4.79 Å². The molecule has 3 N–H and O–H groups in total. The Hall–Kier alpha value is -2.16. The van der Waals surface area contributed by atoms with Crippen molar-refractivity contribution in [2.75, 3.05) is 6.61 Å². The van der Waals surface area contributed by atoms with Gasteiger partial charge in [-0.3, -0.25) is 4.79 Å². The fraction of sp³-hybridized carbons (Fsp3) is 0.529. The predicted molar refractivity (Wildman–Crippen MR) is 88.1 cm³/mol. The van der Waals surface area contributed by atoms with Crippen molar-refractivity contribution in [2.45, 2.75) is 51.2 Å². The molecule has 1 aliphatic rings. The van der Waals surface area contributed by atoms with Crippen LogP contribution >= 0.6 is 0 Å². The molecule has 2 amide bonds. The summed E-state index contributed by atoms with van der Waals surface area (Å²) in [7, 11) is 0. The van der Waals surface area contributed by atoms with Crippen LogP contribution in [-0.2, 0) is 25.7 Å². The summed E-state index contributed by atoms with van der Waals surface area (Å²) < 4.78 is 10.4. The molecule has 0 unspecified atom stereocenters. The molecule has 0 radical (unpaired) electrons. The average Bonchev–Trinajstić information content (AvgIpc) is 2.64. The van der Waals surface area contributed by atoms with Crippen molar-refractivity contribution in [3.05, 3.63) is 35.9 Å². The summed E-state index contributed by atoms with van der Waals surface area (Å²) in [5, 5.41) is 12.1. The quantitative estimate of drug-likeness (QED) is 0.638. The standard InChI is InChI=1S/C17H24N2O6/c1-12(20)15(16(21)19-25-14-9-5-6-10-23-14)18-17(22)24-11-13-7-3-2-4-8-13/h2-4,7-8,12,14-15,20H,5-6,9-11H2,1H3,(H,18,22)(H,19,21)/t12-,14+,15+/m1/s1. The second-order valence-corrected chi connectivity index (χ2v) is 5.80. The van der Waals surface area contributed by atoms with Gasteiger partial charge in [-0.05, 0) is 25.3 Å². The first-order chi connectivity index (χ1) is 12.1. The molecule has 25 heavy (non-hydrogen) atoms. The molecule has 1 aromatic rings. The van der Waals surface area contributed by atoms with Crippen LogP contribution in [0.3, 0.4) is 0 Å². The monoisotopic (exact) mass is 352 g/mol. The molecule has 1 aliphatic heterocycles. The average molecular weight is 352 g/mol. The number of hydroxylamine groups is 1. The van der Waals surface area contributed by atoms with E-state index in [1.807, 2.05) is 30.3 Å². The predicted octanol–water partition coefficient (Wildman–Crippen LogP) is 1.24. The molecule has 0 bridgehead atoms. The number of ether oxygens (including phenoxy) is 2. The van der Waals surface area contributed by atoms with E-state index >= 15 is 0 Å². The van der Waals surface area contributed by atoms with Gasteiger partial charge in [0, 0.05) is 13.0 Å². The lowest BCUT2D eigenvalue weighted by Crippen LogP contribution is -2.53. The third kappa shape index (κ3) is 6.69. The zero-order valence-electron chi connectivity index (χ0n) is 14.1. The highest BCUT2D eigenvalue weighted by molar-refractivity contribution is 5.85. The van der Waals surface area contributed by atoms with Gasteiger partial charge in [0.15, 0.2) is 6.29 Å². The van der Waals surface area contributed by atoms with Gasteiger partial charge in [-0.25, -0.2) is 15.1 Å². The number of amides is 2. The highest BCUT2D eigenvalue weighted by atomic mass is 16.8. The molecule has 3 atom stereocenters. The first-order valence-electron chi connectivity index (χ1n) is 8.28. The van der Waals surface area contributed by atoms with Gasteiger partial charge in [0.1, 0.15) is 12.6 Å². The van der Waals surface area contributed by atoms with Crippen LogP contribution in [0.2, 0.25) is 0 Å². The van der Waals surface area contributed by atoms with Gasteiger partial charge in [0.25, 0.3) is 5.91 Å². The summed E-state index contributed by atoms with van der Waals surface area (Å²) in [6.07, 6.45) is 0.131. The Morgan fingerprint density at radius 2 is 2.08 bits per heavy atom. The number of rotatable bonds is 7. The highest BCUT2D eigenvalue weighted by Crippen LogP contribution is 2.12. The molecule has 0 aromatic heterocycles. The highest BCUT2D eigenvalue weighted by Gasteiger charge is 2.27. The summed E-state index contributed by atoms with van der Waals surface area (Å²) >= 11 is 0. The van der Waals surface area contributed by atoms with E-state index in [2.05, 4.69) is 10.8 Å². The lowest BCUT2D eigenvalue weighted by molar-refractivity contribution is -0.202. The van der Waals surface area contributed by atoms with E-state index in [0.29, 0.717) is 13.0 Å². The van der Waals surface area contributed by atoms with E-state index in [9.17, 15) is 14.7 Å². The Balaban J connectivity index is 1.78. The number of aliphatic hydroxyl groups excluding tert-OH is 1. The number of alkyl carbamates (subject to hydrolysis) is 1. The number of carbonyl (C=O) groups excluding carboxylic acids is 2. The first-order valence-corrected chi connectivity index (χ1v) is 8.28. The smallest absolute Gasteiger partial charge is 0.408 e. The third-order valence-corrected chi connectivity index (χ3v) is 3.68.